The summed E-state index contributed by atoms with van der Waals surface area (Å²) in [6, 6.07) is 4.27. The molecule has 0 N–H and O–H groups in total. The van der Waals surface area contributed by atoms with Crippen LogP contribution >= 0.6 is 0 Å². The van der Waals surface area contributed by atoms with E-state index in [0.717, 1.165) is 32.4 Å². The van der Waals surface area contributed by atoms with Gasteiger partial charge in [-0.3, -0.25) is 10.1 Å². The second-order valence-electron chi connectivity index (χ2n) is 6.33. The molecule has 23 heavy (non-hydrogen) atoms. The highest BCUT2D eigenvalue weighted by Crippen LogP contribution is 2.34. The van der Waals surface area contributed by atoms with Crippen molar-refractivity contribution in [1.29, 1.82) is 0 Å². The quantitative estimate of drug-likeness (QED) is 0.620. The molecule has 2 fully saturated rings. The predicted molar refractivity (Wildman–Crippen MR) is 87.1 cm³/mol. The zero-order valence-electron chi connectivity index (χ0n) is 13.1. The largest absolute Gasteiger partial charge is 0.366 e. The number of anilines is 1. The summed E-state index contributed by atoms with van der Waals surface area (Å²) in [5, 5.41) is 11.3. The van der Waals surface area contributed by atoms with E-state index >= 15 is 0 Å². The Kier molecular flexibility index (Phi) is 4.29. The SMILES string of the molecule is CC1CCN(S(=O)(=O)c2ccc(N3CCC3)c([N+](=O)[O-])c2)CC1. The summed E-state index contributed by atoms with van der Waals surface area (Å²) in [6.45, 7) is 4.61. The van der Waals surface area contributed by atoms with Crippen LogP contribution in [0.2, 0.25) is 0 Å². The van der Waals surface area contributed by atoms with Gasteiger partial charge < -0.3 is 4.90 Å². The van der Waals surface area contributed by atoms with Crippen LogP contribution in [0, 0.1) is 16.0 Å². The number of nitro benzene ring substituents is 1. The van der Waals surface area contributed by atoms with Gasteiger partial charge >= 0.3 is 0 Å². The summed E-state index contributed by atoms with van der Waals surface area (Å²) in [6.07, 6.45) is 2.66. The molecule has 1 aromatic rings. The average molecular weight is 339 g/mol. The van der Waals surface area contributed by atoms with E-state index in [1.54, 1.807) is 6.07 Å². The number of piperidine rings is 1. The lowest BCUT2D eigenvalue weighted by atomic mass is 10.0. The van der Waals surface area contributed by atoms with Crippen LogP contribution < -0.4 is 4.90 Å². The highest BCUT2D eigenvalue weighted by Gasteiger charge is 2.31. The van der Waals surface area contributed by atoms with Gasteiger partial charge in [0.25, 0.3) is 5.69 Å². The number of benzene rings is 1. The Morgan fingerprint density at radius 1 is 1.17 bits per heavy atom. The average Bonchev–Trinajstić information content (AvgIpc) is 2.46. The van der Waals surface area contributed by atoms with Gasteiger partial charge in [0.1, 0.15) is 5.69 Å². The predicted octanol–water partition coefficient (Wildman–Crippen LogP) is 2.23. The Bertz CT molecular complexity index is 707. The Morgan fingerprint density at radius 2 is 1.83 bits per heavy atom. The third-order valence-electron chi connectivity index (χ3n) is 4.72. The Morgan fingerprint density at radius 3 is 2.35 bits per heavy atom. The van der Waals surface area contributed by atoms with Crippen LogP contribution in [0.5, 0.6) is 0 Å². The Balaban J connectivity index is 1.93. The Hall–Kier alpha value is -1.67. The van der Waals surface area contributed by atoms with Crippen molar-refractivity contribution in [1.82, 2.24) is 4.31 Å². The lowest BCUT2D eigenvalue weighted by Crippen LogP contribution is -2.38. The molecule has 1 aromatic carbocycles. The van der Waals surface area contributed by atoms with E-state index in [1.165, 1.54) is 16.4 Å². The summed E-state index contributed by atoms with van der Waals surface area (Å²) in [7, 11) is -3.66. The van der Waals surface area contributed by atoms with E-state index in [2.05, 4.69) is 6.92 Å². The first-order valence-electron chi connectivity index (χ1n) is 7.93. The highest BCUT2D eigenvalue weighted by atomic mass is 32.2. The second kappa shape index (κ2) is 6.09. The molecule has 0 atom stereocenters. The molecule has 2 heterocycles. The van der Waals surface area contributed by atoms with Crippen LogP contribution in [0.15, 0.2) is 23.1 Å². The zero-order chi connectivity index (χ0) is 16.6. The standard InChI is InChI=1S/C15H21N3O4S/c1-12-5-9-17(10-6-12)23(21,22)13-3-4-14(16-7-2-8-16)15(11-13)18(19)20/h3-4,11-12H,2,5-10H2,1H3. The molecule has 0 bridgehead atoms. The fourth-order valence-electron chi connectivity index (χ4n) is 3.01. The van der Waals surface area contributed by atoms with Crippen molar-refractivity contribution in [3.8, 4) is 0 Å². The van der Waals surface area contributed by atoms with Gasteiger partial charge in [-0.25, -0.2) is 8.42 Å². The minimum absolute atomic E-state index is 0.0167. The monoisotopic (exact) mass is 339 g/mol. The van der Waals surface area contributed by atoms with E-state index < -0.39 is 14.9 Å². The number of nitro groups is 1. The molecule has 3 rings (SSSR count). The first-order chi connectivity index (χ1) is 10.9. The van der Waals surface area contributed by atoms with Gasteiger partial charge in [0.05, 0.1) is 9.82 Å². The summed E-state index contributed by atoms with van der Waals surface area (Å²) >= 11 is 0. The van der Waals surface area contributed by atoms with Crippen LogP contribution in [0.1, 0.15) is 26.2 Å². The third kappa shape index (κ3) is 3.05. The molecule has 0 aromatic heterocycles. The number of nitrogens with zero attached hydrogens (tertiary/aromatic N) is 3. The molecule has 2 aliphatic heterocycles. The molecule has 0 aliphatic carbocycles. The lowest BCUT2D eigenvalue weighted by molar-refractivity contribution is -0.384. The van der Waals surface area contributed by atoms with Gasteiger partial charge in [0.15, 0.2) is 0 Å². The lowest BCUT2D eigenvalue weighted by Gasteiger charge is -2.33. The van der Waals surface area contributed by atoms with Crippen molar-refractivity contribution in [3.63, 3.8) is 0 Å². The number of hydrogen-bond donors (Lipinski definition) is 0. The molecule has 8 heteroatoms. The van der Waals surface area contributed by atoms with Crippen molar-refractivity contribution < 1.29 is 13.3 Å². The maximum absolute atomic E-state index is 12.7. The third-order valence-corrected chi connectivity index (χ3v) is 6.62. The fourth-order valence-corrected chi connectivity index (χ4v) is 4.50. The topological polar surface area (TPSA) is 83.8 Å². The molecule has 126 valence electrons. The molecule has 0 unspecified atom stereocenters. The van der Waals surface area contributed by atoms with E-state index in [1.807, 2.05) is 4.90 Å². The van der Waals surface area contributed by atoms with Gasteiger partial charge in [0, 0.05) is 32.2 Å². The van der Waals surface area contributed by atoms with Crippen LogP contribution in [0.4, 0.5) is 11.4 Å². The minimum atomic E-state index is -3.66. The summed E-state index contributed by atoms with van der Waals surface area (Å²) < 4.78 is 26.9. The maximum Gasteiger partial charge on any atom is 0.293 e. The number of sulfonamides is 1. The van der Waals surface area contributed by atoms with Gasteiger partial charge in [-0.2, -0.15) is 4.31 Å². The van der Waals surface area contributed by atoms with Gasteiger partial charge in [-0.15, -0.1) is 0 Å². The van der Waals surface area contributed by atoms with Crippen LogP contribution in [0.25, 0.3) is 0 Å². The number of hydrogen-bond acceptors (Lipinski definition) is 5. The molecule has 0 spiro atoms. The highest BCUT2D eigenvalue weighted by molar-refractivity contribution is 7.89. The molecule has 2 aliphatic rings. The van der Waals surface area contributed by atoms with Crippen LogP contribution in [0.3, 0.4) is 0 Å². The van der Waals surface area contributed by atoms with Crippen LogP contribution in [-0.2, 0) is 10.0 Å². The summed E-state index contributed by atoms with van der Waals surface area (Å²) in [5.74, 6) is 0.518. The van der Waals surface area contributed by atoms with E-state index in [-0.39, 0.29) is 10.6 Å². The van der Waals surface area contributed by atoms with Gasteiger partial charge in [-0.1, -0.05) is 6.92 Å². The molecule has 7 nitrogen and oxygen atoms in total. The summed E-state index contributed by atoms with van der Waals surface area (Å²) in [5.41, 5.74) is 0.378. The molecule has 0 radical (unpaired) electrons. The maximum atomic E-state index is 12.7. The van der Waals surface area contributed by atoms with Crippen molar-refractivity contribution in [3.05, 3.63) is 28.3 Å². The van der Waals surface area contributed by atoms with Crippen molar-refractivity contribution in [2.24, 2.45) is 5.92 Å². The molecule has 2 saturated heterocycles. The summed E-state index contributed by atoms with van der Waals surface area (Å²) in [4.78, 5) is 12.8. The zero-order valence-corrected chi connectivity index (χ0v) is 14.0. The van der Waals surface area contributed by atoms with Crippen molar-refractivity contribution in [2.75, 3.05) is 31.1 Å². The molecular formula is C15H21N3O4S. The van der Waals surface area contributed by atoms with Gasteiger partial charge in [0.2, 0.25) is 10.0 Å². The first kappa shape index (κ1) is 16.2. The van der Waals surface area contributed by atoms with Crippen LogP contribution in [-0.4, -0.2) is 43.8 Å². The fraction of sp³-hybridized carbons (Fsp3) is 0.600. The van der Waals surface area contributed by atoms with Crippen molar-refractivity contribution in [2.45, 2.75) is 31.1 Å². The van der Waals surface area contributed by atoms with E-state index in [9.17, 15) is 18.5 Å². The van der Waals surface area contributed by atoms with Crippen molar-refractivity contribution >= 4 is 21.4 Å². The van der Waals surface area contributed by atoms with E-state index in [4.69, 9.17) is 0 Å². The second-order valence-corrected chi connectivity index (χ2v) is 8.27. The smallest absolute Gasteiger partial charge is 0.293 e. The Labute approximate surface area is 136 Å². The normalized spacial score (nSPS) is 20.3. The minimum Gasteiger partial charge on any atom is -0.366 e. The molecule has 0 saturated carbocycles. The first-order valence-corrected chi connectivity index (χ1v) is 9.37. The van der Waals surface area contributed by atoms with Gasteiger partial charge in [-0.05, 0) is 37.3 Å². The number of rotatable bonds is 4. The molecule has 0 amide bonds. The van der Waals surface area contributed by atoms with E-state index in [0.29, 0.717) is 24.7 Å². The molecular weight excluding hydrogens is 318 g/mol.